The second-order valence-electron chi connectivity index (χ2n) is 8.14. The Labute approximate surface area is 181 Å². The topological polar surface area (TPSA) is 75.9 Å². The molecular weight excluding hydrogens is 392 g/mol. The summed E-state index contributed by atoms with van der Waals surface area (Å²) in [5.74, 6) is 0.532. The zero-order valence-corrected chi connectivity index (χ0v) is 17.4. The Bertz CT molecular complexity index is 1090. The normalized spacial score (nSPS) is 21.0. The van der Waals surface area contributed by atoms with Crippen molar-refractivity contribution in [3.63, 3.8) is 0 Å². The number of carbonyl (C=O) groups is 2. The third kappa shape index (κ3) is 3.81. The molecule has 160 valence electrons. The molecule has 31 heavy (non-hydrogen) atoms. The van der Waals surface area contributed by atoms with Gasteiger partial charge in [-0.05, 0) is 49.9 Å². The molecule has 0 spiro atoms. The van der Waals surface area contributed by atoms with Crippen molar-refractivity contribution in [1.82, 2.24) is 19.6 Å². The molecule has 1 aromatic carbocycles. The van der Waals surface area contributed by atoms with Crippen LogP contribution in [0.15, 0.2) is 54.7 Å². The molecule has 0 saturated carbocycles. The number of carbonyl (C=O) groups excluding carboxylic acids is 2. The number of aromatic nitrogens is 2. The maximum atomic E-state index is 13.2. The first kappa shape index (κ1) is 19.8. The van der Waals surface area contributed by atoms with Crippen LogP contribution in [0.1, 0.15) is 58.4 Å². The van der Waals surface area contributed by atoms with Crippen molar-refractivity contribution in [2.24, 2.45) is 0 Å². The zero-order valence-electron chi connectivity index (χ0n) is 17.4. The number of hydrogen-bond acceptors (Lipinski definition) is 4. The van der Waals surface area contributed by atoms with E-state index in [0.717, 1.165) is 43.6 Å². The molecule has 0 unspecified atom stereocenters. The van der Waals surface area contributed by atoms with Gasteiger partial charge in [-0.1, -0.05) is 24.3 Å². The van der Waals surface area contributed by atoms with Gasteiger partial charge in [-0.2, -0.15) is 0 Å². The Hall–Kier alpha value is -3.19. The summed E-state index contributed by atoms with van der Waals surface area (Å²) in [6, 6.07) is 14.9. The lowest BCUT2D eigenvalue weighted by Crippen LogP contribution is -2.32. The van der Waals surface area contributed by atoms with Gasteiger partial charge in [-0.3, -0.25) is 9.59 Å². The van der Waals surface area contributed by atoms with Gasteiger partial charge in [-0.15, -0.1) is 0 Å². The van der Waals surface area contributed by atoms with E-state index in [0.29, 0.717) is 24.3 Å². The van der Waals surface area contributed by atoms with Crippen LogP contribution in [0.25, 0.3) is 5.52 Å². The number of amides is 2. The number of pyridine rings is 1. The lowest BCUT2D eigenvalue weighted by molar-refractivity contribution is 0.0729. The highest BCUT2D eigenvalue weighted by molar-refractivity contribution is 5.99. The molecule has 4 heterocycles. The lowest BCUT2D eigenvalue weighted by atomic mass is 10.1. The van der Waals surface area contributed by atoms with Crippen molar-refractivity contribution >= 4 is 17.3 Å². The summed E-state index contributed by atoms with van der Waals surface area (Å²) in [5, 5.41) is 2.98. The molecule has 0 bridgehead atoms. The fourth-order valence-electron chi connectivity index (χ4n) is 4.58. The van der Waals surface area contributed by atoms with Gasteiger partial charge in [0.25, 0.3) is 11.8 Å². The van der Waals surface area contributed by atoms with E-state index in [1.807, 2.05) is 64.0 Å². The molecule has 2 atom stereocenters. The van der Waals surface area contributed by atoms with E-state index < -0.39 is 0 Å². The Morgan fingerprint density at radius 1 is 1.06 bits per heavy atom. The van der Waals surface area contributed by atoms with Crippen molar-refractivity contribution in [3.8, 4) is 0 Å². The smallest absolute Gasteiger partial charge is 0.272 e. The Morgan fingerprint density at radius 3 is 2.71 bits per heavy atom. The molecule has 1 N–H and O–H groups in total. The Kier molecular flexibility index (Phi) is 5.42. The van der Waals surface area contributed by atoms with Crippen LogP contribution in [0.4, 0.5) is 0 Å². The minimum atomic E-state index is -0.204. The van der Waals surface area contributed by atoms with Crippen LogP contribution in [-0.2, 0) is 4.74 Å². The highest BCUT2D eigenvalue weighted by atomic mass is 16.5. The van der Waals surface area contributed by atoms with Crippen LogP contribution < -0.4 is 5.32 Å². The largest absolute Gasteiger partial charge is 0.376 e. The van der Waals surface area contributed by atoms with Crippen LogP contribution >= 0.6 is 0 Å². The van der Waals surface area contributed by atoms with Gasteiger partial charge in [0, 0.05) is 31.5 Å². The molecule has 5 rings (SSSR count). The molecule has 0 aliphatic carbocycles. The average Bonchev–Trinajstić information content (AvgIpc) is 3.57. The summed E-state index contributed by atoms with van der Waals surface area (Å²) < 4.78 is 7.56. The molecule has 2 fully saturated rings. The highest BCUT2D eigenvalue weighted by Crippen LogP contribution is 2.33. The molecule has 3 aromatic rings. The third-order valence-corrected chi connectivity index (χ3v) is 6.14. The molecule has 2 saturated heterocycles. The van der Waals surface area contributed by atoms with Crippen LogP contribution in [0, 0.1) is 0 Å². The van der Waals surface area contributed by atoms with Gasteiger partial charge in [0.1, 0.15) is 5.82 Å². The summed E-state index contributed by atoms with van der Waals surface area (Å²) in [6.07, 6.45) is 5.72. The molecule has 2 aliphatic rings. The SMILES string of the molecule is O=C(NC[C@@H]1CCCO1)c1nc([C@H]2CCCN2C(=O)c2ccccc2)n2ccccc12. The maximum absolute atomic E-state index is 13.2. The standard InChI is InChI=1S/C24H26N4O3/c29-23(25-16-18-10-7-15-31-18)21-19-11-4-5-13-27(19)22(26-21)20-12-6-14-28(20)24(30)17-8-2-1-3-9-17/h1-5,8-9,11,13,18,20H,6-7,10,12,14-16H2,(H,25,29)/t18-,20+/m0/s1. The number of imidazole rings is 1. The molecule has 2 aromatic heterocycles. The quantitative estimate of drug-likeness (QED) is 0.690. The van der Waals surface area contributed by atoms with Crippen molar-refractivity contribution in [2.75, 3.05) is 19.7 Å². The summed E-state index contributed by atoms with van der Waals surface area (Å²) in [5.41, 5.74) is 1.82. The third-order valence-electron chi connectivity index (χ3n) is 6.14. The molecular formula is C24H26N4O3. The number of ether oxygens (including phenoxy) is 1. The van der Waals surface area contributed by atoms with Gasteiger partial charge < -0.3 is 19.4 Å². The van der Waals surface area contributed by atoms with Gasteiger partial charge in [0.15, 0.2) is 5.69 Å². The van der Waals surface area contributed by atoms with Crippen LogP contribution in [0.5, 0.6) is 0 Å². The molecule has 7 nitrogen and oxygen atoms in total. The van der Waals surface area contributed by atoms with Gasteiger partial charge in [-0.25, -0.2) is 4.98 Å². The molecule has 7 heteroatoms. The van der Waals surface area contributed by atoms with Crippen LogP contribution in [0.2, 0.25) is 0 Å². The summed E-state index contributed by atoms with van der Waals surface area (Å²) >= 11 is 0. The van der Waals surface area contributed by atoms with E-state index in [9.17, 15) is 9.59 Å². The van der Waals surface area contributed by atoms with E-state index in [2.05, 4.69) is 5.32 Å². The number of fused-ring (bicyclic) bond motifs is 1. The Balaban J connectivity index is 1.44. The molecule has 2 aliphatic heterocycles. The minimum Gasteiger partial charge on any atom is -0.376 e. The van der Waals surface area contributed by atoms with E-state index in [1.165, 1.54) is 0 Å². The van der Waals surface area contributed by atoms with E-state index in [-0.39, 0.29) is 24.0 Å². The second kappa shape index (κ2) is 8.51. The number of benzene rings is 1. The number of likely N-dealkylation sites (tertiary alicyclic amines) is 1. The summed E-state index contributed by atoms with van der Waals surface area (Å²) in [4.78, 5) is 32.7. The fourth-order valence-corrected chi connectivity index (χ4v) is 4.58. The van der Waals surface area contributed by atoms with Crippen LogP contribution in [-0.4, -0.2) is 51.9 Å². The predicted molar refractivity (Wildman–Crippen MR) is 116 cm³/mol. The van der Waals surface area contributed by atoms with E-state index in [4.69, 9.17) is 9.72 Å². The number of rotatable bonds is 5. The average molecular weight is 418 g/mol. The summed E-state index contributed by atoms with van der Waals surface area (Å²) in [6.45, 7) is 1.92. The predicted octanol–water partition coefficient (Wildman–Crippen LogP) is 3.22. The van der Waals surface area contributed by atoms with Crippen molar-refractivity contribution in [3.05, 3.63) is 71.8 Å². The first-order chi connectivity index (χ1) is 15.2. The van der Waals surface area contributed by atoms with E-state index in [1.54, 1.807) is 0 Å². The van der Waals surface area contributed by atoms with Crippen molar-refractivity contribution in [1.29, 1.82) is 0 Å². The number of nitrogens with zero attached hydrogens (tertiary/aromatic N) is 3. The first-order valence-corrected chi connectivity index (χ1v) is 10.9. The number of nitrogens with one attached hydrogen (secondary N) is 1. The van der Waals surface area contributed by atoms with Gasteiger partial charge >= 0.3 is 0 Å². The lowest BCUT2D eigenvalue weighted by Gasteiger charge is -2.24. The monoisotopic (exact) mass is 418 g/mol. The number of hydrogen-bond donors (Lipinski definition) is 1. The van der Waals surface area contributed by atoms with Crippen molar-refractivity contribution in [2.45, 2.75) is 37.8 Å². The Morgan fingerprint density at radius 2 is 1.90 bits per heavy atom. The first-order valence-electron chi connectivity index (χ1n) is 10.9. The summed E-state index contributed by atoms with van der Waals surface area (Å²) in [7, 11) is 0. The van der Waals surface area contributed by atoms with Gasteiger partial charge in [0.05, 0.1) is 17.7 Å². The van der Waals surface area contributed by atoms with Crippen LogP contribution in [0.3, 0.4) is 0 Å². The second-order valence-corrected chi connectivity index (χ2v) is 8.14. The maximum Gasteiger partial charge on any atom is 0.272 e. The molecule has 0 radical (unpaired) electrons. The van der Waals surface area contributed by atoms with E-state index >= 15 is 0 Å². The zero-order chi connectivity index (χ0) is 21.2. The molecule has 2 amide bonds. The minimum absolute atomic E-state index is 0.000153. The fraction of sp³-hybridized carbons (Fsp3) is 0.375. The van der Waals surface area contributed by atoms with Gasteiger partial charge in [0.2, 0.25) is 0 Å². The highest BCUT2D eigenvalue weighted by Gasteiger charge is 2.34. The van der Waals surface area contributed by atoms with Crippen molar-refractivity contribution < 1.29 is 14.3 Å².